The number of aromatic hydroxyl groups is 1. The van der Waals surface area contributed by atoms with Gasteiger partial charge in [0.2, 0.25) is 0 Å². The third-order valence-electron chi connectivity index (χ3n) is 3.98. The Morgan fingerprint density at radius 2 is 1.22 bits per heavy atom. The van der Waals surface area contributed by atoms with E-state index >= 15 is 0 Å². The van der Waals surface area contributed by atoms with Crippen molar-refractivity contribution in [1.82, 2.24) is 0 Å². The van der Waals surface area contributed by atoms with Gasteiger partial charge in [0.15, 0.2) is 11.6 Å². The zero-order valence-corrected chi connectivity index (χ0v) is 14.7. The van der Waals surface area contributed by atoms with Gasteiger partial charge in [-0.2, -0.15) is 0 Å². The van der Waals surface area contributed by atoms with E-state index in [2.05, 4.69) is 0 Å². The first-order valence-corrected chi connectivity index (χ1v) is 7.77. The Morgan fingerprint density at radius 3 is 1.57 bits per heavy atom. The van der Waals surface area contributed by atoms with Crippen LogP contribution < -0.4 is 0 Å². The molecular formula is C20H24O3. The van der Waals surface area contributed by atoms with E-state index in [4.69, 9.17) is 0 Å². The number of phenolic OH excluding ortho intramolecular Hbond substituents is 1. The van der Waals surface area contributed by atoms with Crippen molar-refractivity contribution in [3.05, 3.63) is 46.5 Å². The molecule has 122 valence electrons. The highest BCUT2D eigenvalue weighted by atomic mass is 16.3. The Morgan fingerprint density at radius 1 is 0.826 bits per heavy atom. The minimum absolute atomic E-state index is 0.176. The molecule has 0 fully saturated rings. The van der Waals surface area contributed by atoms with Crippen molar-refractivity contribution in [2.45, 2.75) is 52.4 Å². The molecule has 1 aromatic carbocycles. The molecule has 0 atom stereocenters. The van der Waals surface area contributed by atoms with Crippen LogP contribution in [0.5, 0.6) is 5.75 Å². The van der Waals surface area contributed by atoms with E-state index in [1.807, 2.05) is 53.7 Å². The van der Waals surface area contributed by atoms with Crippen molar-refractivity contribution in [3.8, 4) is 5.75 Å². The van der Waals surface area contributed by atoms with Gasteiger partial charge in [-0.3, -0.25) is 9.59 Å². The molecule has 3 heteroatoms. The largest absolute Gasteiger partial charge is 0.507 e. The number of hydrogen-bond donors (Lipinski definition) is 1. The summed E-state index contributed by atoms with van der Waals surface area (Å²) in [6, 6.07) is 3.72. The fourth-order valence-electron chi connectivity index (χ4n) is 2.64. The average molecular weight is 312 g/mol. The first-order valence-electron chi connectivity index (χ1n) is 7.77. The van der Waals surface area contributed by atoms with Crippen LogP contribution >= 0.6 is 0 Å². The van der Waals surface area contributed by atoms with Crippen molar-refractivity contribution < 1.29 is 14.7 Å². The van der Waals surface area contributed by atoms with E-state index in [1.54, 1.807) is 6.08 Å². The maximum atomic E-state index is 11.8. The second-order valence-electron chi connectivity index (χ2n) is 8.08. The molecule has 0 saturated heterocycles. The maximum absolute atomic E-state index is 11.8. The summed E-state index contributed by atoms with van der Waals surface area (Å²) in [4.78, 5) is 23.6. The number of benzene rings is 1. The van der Waals surface area contributed by atoms with Crippen LogP contribution in [0.2, 0.25) is 0 Å². The molecule has 23 heavy (non-hydrogen) atoms. The molecule has 1 N–H and O–H groups in total. The van der Waals surface area contributed by atoms with Gasteiger partial charge in [-0.15, -0.1) is 0 Å². The Balaban J connectivity index is 2.69. The lowest BCUT2D eigenvalue weighted by Gasteiger charge is -2.28. The van der Waals surface area contributed by atoms with Crippen LogP contribution in [-0.4, -0.2) is 16.7 Å². The molecule has 0 heterocycles. The molecule has 0 radical (unpaired) electrons. The highest BCUT2D eigenvalue weighted by molar-refractivity contribution is 6.35. The lowest BCUT2D eigenvalue weighted by molar-refractivity contribution is -0.115. The van der Waals surface area contributed by atoms with E-state index < -0.39 is 0 Å². The van der Waals surface area contributed by atoms with Gasteiger partial charge in [-0.1, -0.05) is 41.5 Å². The summed E-state index contributed by atoms with van der Waals surface area (Å²) in [5.74, 6) is -0.246. The molecule has 1 aromatic rings. The molecular weight excluding hydrogens is 288 g/mol. The number of phenols is 1. The first kappa shape index (κ1) is 17.2. The average Bonchev–Trinajstić information content (AvgIpc) is 2.69. The Kier molecular flexibility index (Phi) is 4.10. The summed E-state index contributed by atoms with van der Waals surface area (Å²) in [6.07, 6.45) is 4.21. The van der Waals surface area contributed by atoms with E-state index in [-0.39, 0.29) is 33.7 Å². The molecule has 0 aromatic heterocycles. The van der Waals surface area contributed by atoms with Crippen LogP contribution in [-0.2, 0) is 20.4 Å². The van der Waals surface area contributed by atoms with Crippen molar-refractivity contribution in [3.63, 3.8) is 0 Å². The smallest absolute Gasteiger partial charge is 0.189 e. The second-order valence-corrected chi connectivity index (χ2v) is 8.08. The van der Waals surface area contributed by atoms with Crippen LogP contribution in [0.25, 0.3) is 6.08 Å². The van der Waals surface area contributed by atoms with Crippen molar-refractivity contribution in [2.24, 2.45) is 0 Å². The lowest BCUT2D eigenvalue weighted by atomic mass is 9.78. The van der Waals surface area contributed by atoms with E-state index in [0.29, 0.717) is 0 Å². The van der Waals surface area contributed by atoms with Gasteiger partial charge in [0.05, 0.1) is 5.57 Å². The Hall–Kier alpha value is -2.16. The van der Waals surface area contributed by atoms with Gasteiger partial charge in [-0.05, 0) is 46.8 Å². The minimum atomic E-state index is -0.266. The van der Waals surface area contributed by atoms with Gasteiger partial charge in [-0.25, -0.2) is 0 Å². The fourth-order valence-corrected chi connectivity index (χ4v) is 2.64. The van der Waals surface area contributed by atoms with Crippen LogP contribution in [0.4, 0.5) is 0 Å². The SMILES string of the molecule is CC(C)(C)c1cc(C=C2C(=O)C=CC2=O)cc(C(C)(C)C)c1O. The monoisotopic (exact) mass is 312 g/mol. The second kappa shape index (κ2) is 5.48. The number of rotatable bonds is 1. The molecule has 0 bridgehead atoms. The van der Waals surface area contributed by atoms with Crippen LogP contribution in [0.3, 0.4) is 0 Å². The van der Waals surface area contributed by atoms with Crippen LogP contribution in [0, 0.1) is 0 Å². The van der Waals surface area contributed by atoms with Gasteiger partial charge < -0.3 is 5.11 Å². The summed E-state index contributed by atoms with van der Waals surface area (Å²) in [5, 5.41) is 10.7. The fraction of sp³-hybridized carbons (Fsp3) is 0.400. The van der Waals surface area contributed by atoms with Crippen molar-refractivity contribution >= 4 is 17.6 Å². The predicted molar refractivity (Wildman–Crippen MR) is 92.6 cm³/mol. The number of carbonyl (C=O) groups excluding carboxylic acids is 2. The summed E-state index contributed by atoms with van der Waals surface area (Å²) in [7, 11) is 0. The number of carbonyl (C=O) groups is 2. The van der Waals surface area contributed by atoms with Crippen molar-refractivity contribution in [1.29, 1.82) is 0 Å². The number of ketones is 2. The first-order chi connectivity index (χ1) is 10.4. The van der Waals surface area contributed by atoms with Gasteiger partial charge in [0, 0.05) is 11.1 Å². The minimum Gasteiger partial charge on any atom is -0.507 e. The topological polar surface area (TPSA) is 54.4 Å². The zero-order chi connectivity index (χ0) is 17.6. The summed E-state index contributed by atoms with van der Waals surface area (Å²) < 4.78 is 0. The molecule has 0 unspecified atom stereocenters. The standard InChI is InChI=1S/C20H24O3/c1-19(2,3)14-10-12(9-13-16(21)7-8-17(13)22)11-15(18(14)23)20(4,5)6/h7-11,23H,1-6H3. The molecule has 3 nitrogen and oxygen atoms in total. The number of allylic oxidation sites excluding steroid dienone is 3. The van der Waals surface area contributed by atoms with E-state index in [1.165, 1.54) is 12.2 Å². The zero-order valence-electron chi connectivity index (χ0n) is 14.7. The molecule has 0 amide bonds. The highest BCUT2D eigenvalue weighted by Gasteiger charge is 2.27. The molecule has 0 spiro atoms. The van der Waals surface area contributed by atoms with Crippen molar-refractivity contribution in [2.75, 3.05) is 0 Å². The normalized spacial score (nSPS) is 15.5. The van der Waals surface area contributed by atoms with Gasteiger partial charge >= 0.3 is 0 Å². The third-order valence-corrected chi connectivity index (χ3v) is 3.98. The van der Waals surface area contributed by atoms with E-state index in [0.717, 1.165) is 16.7 Å². The quantitative estimate of drug-likeness (QED) is 0.628. The number of hydrogen-bond acceptors (Lipinski definition) is 3. The third kappa shape index (κ3) is 3.44. The molecule has 0 saturated carbocycles. The molecule has 1 aliphatic rings. The summed E-state index contributed by atoms with van der Waals surface area (Å²) >= 11 is 0. The summed E-state index contributed by atoms with van der Waals surface area (Å²) in [6.45, 7) is 12.2. The Labute approximate surface area is 137 Å². The Bertz CT molecular complexity index is 680. The molecule has 1 aliphatic carbocycles. The van der Waals surface area contributed by atoms with Crippen LogP contribution in [0.15, 0.2) is 29.9 Å². The highest BCUT2D eigenvalue weighted by Crippen LogP contribution is 2.40. The molecule has 0 aliphatic heterocycles. The van der Waals surface area contributed by atoms with Gasteiger partial charge in [0.25, 0.3) is 0 Å². The van der Waals surface area contributed by atoms with Gasteiger partial charge in [0.1, 0.15) is 5.75 Å². The van der Waals surface area contributed by atoms with E-state index in [9.17, 15) is 14.7 Å². The maximum Gasteiger partial charge on any atom is 0.189 e. The van der Waals surface area contributed by atoms with Crippen LogP contribution in [0.1, 0.15) is 58.2 Å². The molecule has 2 rings (SSSR count). The predicted octanol–water partition coefficient (Wildman–Crippen LogP) is 4.08. The summed E-state index contributed by atoms with van der Waals surface area (Å²) in [5.41, 5.74) is 2.06. The lowest BCUT2D eigenvalue weighted by Crippen LogP contribution is -2.17.